The molecule has 0 aliphatic rings. The summed E-state index contributed by atoms with van der Waals surface area (Å²) in [5.41, 5.74) is 1.48. The SMILES string of the molecule is [B]c1ccc(C(=O)Nc2ccn(-c3cnc(C)nc3)c2C(=O)O)cc1. The second kappa shape index (κ2) is 6.60. The minimum atomic E-state index is -1.18. The molecule has 0 bridgehead atoms. The third kappa shape index (κ3) is 3.42. The van der Waals surface area contributed by atoms with Crippen LogP contribution in [-0.2, 0) is 0 Å². The van der Waals surface area contributed by atoms with Gasteiger partial charge in [0, 0.05) is 11.8 Å². The second-order valence-electron chi connectivity index (χ2n) is 5.32. The number of hydrogen-bond acceptors (Lipinski definition) is 4. The minimum absolute atomic E-state index is 0.0868. The largest absolute Gasteiger partial charge is 0.476 e. The first kappa shape index (κ1) is 16.4. The Labute approximate surface area is 144 Å². The van der Waals surface area contributed by atoms with Gasteiger partial charge in [-0.3, -0.25) is 4.79 Å². The maximum Gasteiger partial charge on any atom is 0.355 e. The predicted molar refractivity (Wildman–Crippen MR) is 92.8 cm³/mol. The van der Waals surface area contributed by atoms with Crippen molar-refractivity contribution in [2.45, 2.75) is 6.92 Å². The van der Waals surface area contributed by atoms with Crippen LogP contribution in [-0.4, -0.2) is 39.4 Å². The second-order valence-corrected chi connectivity index (χ2v) is 5.32. The van der Waals surface area contributed by atoms with E-state index in [4.69, 9.17) is 7.85 Å². The molecule has 3 rings (SSSR count). The molecule has 122 valence electrons. The number of nitrogens with zero attached hydrogens (tertiary/aromatic N) is 3. The van der Waals surface area contributed by atoms with Crippen LogP contribution in [0.25, 0.3) is 5.69 Å². The topological polar surface area (TPSA) is 97.1 Å². The Morgan fingerprint density at radius 3 is 2.36 bits per heavy atom. The summed E-state index contributed by atoms with van der Waals surface area (Å²) < 4.78 is 1.40. The van der Waals surface area contributed by atoms with Crippen molar-refractivity contribution in [3.63, 3.8) is 0 Å². The van der Waals surface area contributed by atoms with Gasteiger partial charge in [0.05, 0.1) is 23.8 Å². The van der Waals surface area contributed by atoms with Gasteiger partial charge in [-0.2, -0.15) is 0 Å². The molecule has 2 N–H and O–H groups in total. The van der Waals surface area contributed by atoms with E-state index in [2.05, 4.69) is 15.3 Å². The third-order valence-electron chi connectivity index (χ3n) is 3.56. The Morgan fingerprint density at radius 2 is 1.76 bits per heavy atom. The Bertz CT molecular complexity index is 934. The summed E-state index contributed by atoms with van der Waals surface area (Å²) in [5.74, 6) is -1.04. The zero-order chi connectivity index (χ0) is 18.0. The Balaban J connectivity index is 1.94. The van der Waals surface area contributed by atoms with Crippen molar-refractivity contribution in [3.8, 4) is 5.69 Å². The van der Waals surface area contributed by atoms with E-state index >= 15 is 0 Å². The normalized spacial score (nSPS) is 10.4. The lowest BCUT2D eigenvalue weighted by molar-refractivity contribution is 0.0689. The van der Waals surface area contributed by atoms with E-state index in [-0.39, 0.29) is 11.4 Å². The molecule has 0 atom stereocenters. The highest BCUT2D eigenvalue weighted by Crippen LogP contribution is 2.22. The number of carboxylic acid groups (broad SMARTS) is 1. The zero-order valence-electron chi connectivity index (χ0n) is 13.3. The van der Waals surface area contributed by atoms with E-state index in [0.717, 1.165) is 0 Å². The molecule has 0 aliphatic heterocycles. The molecule has 0 saturated carbocycles. The first-order valence-electron chi connectivity index (χ1n) is 7.36. The van der Waals surface area contributed by atoms with Crippen LogP contribution >= 0.6 is 0 Å². The monoisotopic (exact) mass is 332 g/mol. The van der Waals surface area contributed by atoms with Crippen LogP contribution in [0.5, 0.6) is 0 Å². The lowest BCUT2D eigenvalue weighted by Crippen LogP contribution is -2.16. The summed E-state index contributed by atoms with van der Waals surface area (Å²) in [6.07, 6.45) is 4.57. The fourth-order valence-corrected chi connectivity index (χ4v) is 2.31. The Hall–Kier alpha value is -3.42. The molecule has 0 saturated heterocycles. The van der Waals surface area contributed by atoms with Crippen molar-refractivity contribution >= 4 is 30.9 Å². The highest BCUT2D eigenvalue weighted by atomic mass is 16.4. The number of amides is 1. The smallest absolute Gasteiger partial charge is 0.355 e. The van der Waals surface area contributed by atoms with Gasteiger partial charge < -0.3 is 15.0 Å². The van der Waals surface area contributed by atoms with Crippen molar-refractivity contribution in [2.24, 2.45) is 0 Å². The van der Waals surface area contributed by atoms with Crippen LogP contribution in [0.4, 0.5) is 5.69 Å². The molecule has 1 amide bonds. The van der Waals surface area contributed by atoms with Gasteiger partial charge >= 0.3 is 5.97 Å². The molecule has 0 fully saturated rings. The van der Waals surface area contributed by atoms with Gasteiger partial charge in [0.25, 0.3) is 5.91 Å². The standard InChI is InChI=1S/C17H13BN4O3/c1-10-19-8-13(9-20-10)22-7-6-14(15(22)17(24)25)21-16(23)11-2-4-12(18)5-3-11/h2-9H,1H3,(H,21,23)(H,24,25). The number of carbonyl (C=O) groups excluding carboxylic acids is 1. The van der Waals surface area contributed by atoms with Crippen molar-refractivity contribution in [3.05, 3.63) is 66.0 Å². The Kier molecular flexibility index (Phi) is 4.34. The third-order valence-corrected chi connectivity index (χ3v) is 3.56. The summed E-state index contributed by atoms with van der Waals surface area (Å²) in [6, 6.07) is 7.84. The van der Waals surface area contributed by atoms with Gasteiger partial charge in [-0.1, -0.05) is 29.7 Å². The number of carbonyl (C=O) groups is 2. The van der Waals surface area contributed by atoms with Crippen LogP contribution in [0.15, 0.2) is 48.9 Å². The van der Waals surface area contributed by atoms with E-state index in [1.165, 1.54) is 29.2 Å². The lowest BCUT2D eigenvalue weighted by Gasteiger charge is -2.09. The predicted octanol–water partition coefficient (Wildman–Crippen LogP) is 1.32. The molecule has 1 aromatic carbocycles. The molecule has 0 unspecified atom stereocenters. The molecule has 25 heavy (non-hydrogen) atoms. The van der Waals surface area contributed by atoms with Gasteiger partial charge in [0.2, 0.25) is 0 Å². The molecule has 7 nitrogen and oxygen atoms in total. The highest BCUT2D eigenvalue weighted by Gasteiger charge is 2.20. The van der Waals surface area contributed by atoms with Crippen LogP contribution in [0, 0.1) is 6.92 Å². The number of aromatic nitrogens is 3. The average Bonchev–Trinajstić information content (AvgIpc) is 3.00. The molecular weight excluding hydrogens is 319 g/mol. The molecule has 2 heterocycles. The van der Waals surface area contributed by atoms with E-state index < -0.39 is 11.9 Å². The van der Waals surface area contributed by atoms with Crippen molar-refractivity contribution in [1.29, 1.82) is 0 Å². The molecular formula is C17H13BN4O3. The van der Waals surface area contributed by atoms with Crippen molar-refractivity contribution < 1.29 is 14.7 Å². The zero-order valence-corrected chi connectivity index (χ0v) is 13.3. The number of carboxylic acids is 1. The average molecular weight is 332 g/mol. The van der Waals surface area contributed by atoms with E-state index in [1.54, 1.807) is 31.2 Å². The molecule has 0 aliphatic carbocycles. The van der Waals surface area contributed by atoms with E-state index in [0.29, 0.717) is 22.5 Å². The van der Waals surface area contributed by atoms with Crippen LogP contribution in [0.2, 0.25) is 0 Å². The van der Waals surface area contributed by atoms with Gasteiger partial charge in [0.1, 0.15) is 13.7 Å². The maximum absolute atomic E-state index is 12.3. The maximum atomic E-state index is 12.3. The first-order valence-corrected chi connectivity index (χ1v) is 7.36. The molecule has 0 spiro atoms. The quantitative estimate of drug-likeness (QED) is 0.703. The van der Waals surface area contributed by atoms with E-state index in [9.17, 15) is 14.7 Å². The summed E-state index contributed by atoms with van der Waals surface area (Å²) in [4.78, 5) is 32.1. The number of benzene rings is 1. The van der Waals surface area contributed by atoms with Gasteiger partial charge in [-0.05, 0) is 13.0 Å². The molecule has 3 aromatic rings. The Morgan fingerprint density at radius 1 is 1.12 bits per heavy atom. The number of aryl methyl sites for hydroxylation is 1. The van der Waals surface area contributed by atoms with Crippen molar-refractivity contribution in [2.75, 3.05) is 5.32 Å². The van der Waals surface area contributed by atoms with E-state index in [1.807, 2.05) is 0 Å². The molecule has 2 radical (unpaired) electrons. The summed E-state index contributed by atoms with van der Waals surface area (Å²) in [6.45, 7) is 1.73. The number of anilines is 1. The van der Waals surface area contributed by atoms with Crippen LogP contribution in [0.1, 0.15) is 26.7 Å². The number of hydrogen-bond donors (Lipinski definition) is 2. The first-order chi connectivity index (χ1) is 12.0. The summed E-state index contributed by atoms with van der Waals surface area (Å²) >= 11 is 0. The highest BCUT2D eigenvalue weighted by molar-refractivity contribution is 6.32. The molecule has 2 aromatic heterocycles. The summed E-state index contributed by atoms with van der Waals surface area (Å²) in [5, 5.41) is 12.1. The van der Waals surface area contributed by atoms with Crippen LogP contribution < -0.4 is 10.8 Å². The number of rotatable bonds is 4. The minimum Gasteiger partial charge on any atom is -0.476 e. The van der Waals surface area contributed by atoms with Gasteiger partial charge in [-0.15, -0.1) is 0 Å². The molecule has 8 heteroatoms. The van der Waals surface area contributed by atoms with Gasteiger partial charge in [0.15, 0.2) is 5.69 Å². The fourth-order valence-electron chi connectivity index (χ4n) is 2.31. The fraction of sp³-hybridized carbons (Fsp3) is 0.0588. The van der Waals surface area contributed by atoms with Crippen LogP contribution in [0.3, 0.4) is 0 Å². The lowest BCUT2D eigenvalue weighted by atomic mass is 9.95. The van der Waals surface area contributed by atoms with Crippen molar-refractivity contribution in [1.82, 2.24) is 14.5 Å². The summed E-state index contributed by atoms with van der Waals surface area (Å²) in [7, 11) is 5.60. The number of nitrogens with one attached hydrogen (secondary N) is 1. The number of aromatic carboxylic acids is 1. The van der Waals surface area contributed by atoms with Gasteiger partial charge in [-0.25, -0.2) is 14.8 Å².